The highest BCUT2D eigenvalue weighted by Crippen LogP contribution is 2.26. The van der Waals surface area contributed by atoms with E-state index in [1.165, 1.54) is 10.3 Å². The molecule has 2 rings (SSSR count). The van der Waals surface area contributed by atoms with Crippen molar-refractivity contribution in [3.05, 3.63) is 23.8 Å². The minimum absolute atomic E-state index is 0.134. The summed E-state index contributed by atoms with van der Waals surface area (Å²) in [6.07, 6.45) is 0. The second-order valence-electron chi connectivity index (χ2n) is 3.14. The molecule has 0 aliphatic rings. The number of anilines is 1. The number of aliphatic hydroxyl groups excluding tert-OH is 1. The maximum atomic E-state index is 8.66. The fraction of sp³-hybridized carbons (Fsp3) is 0.300. The van der Waals surface area contributed by atoms with Crippen LogP contribution in [0, 0.1) is 6.92 Å². The molecule has 0 bridgehead atoms. The third-order valence-corrected chi connectivity index (χ3v) is 2.93. The molecular weight excluding hydrogens is 196 g/mol. The summed E-state index contributed by atoms with van der Waals surface area (Å²) >= 11 is 1.61. The molecule has 0 saturated heterocycles. The Kier molecular flexibility index (Phi) is 2.65. The quantitative estimate of drug-likeness (QED) is 0.811. The number of nitrogens with zero attached hydrogens (tertiary/aromatic N) is 1. The average Bonchev–Trinajstić information content (AvgIpc) is 2.56. The minimum Gasteiger partial charge on any atom is -0.395 e. The summed E-state index contributed by atoms with van der Waals surface area (Å²) < 4.78 is 1.18. The Hall–Kier alpha value is -1.13. The van der Waals surface area contributed by atoms with Gasteiger partial charge in [-0.05, 0) is 24.6 Å². The number of hydrogen-bond acceptors (Lipinski definition) is 4. The van der Waals surface area contributed by atoms with E-state index in [0.717, 1.165) is 10.6 Å². The summed E-state index contributed by atoms with van der Waals surface area (Å²) in [6.45, 7) is 2.74. The molecule has 3 nitrogen and oxygen atoms in total. The number of hydrogen-bond donors (Lipinski definition) is 2. The van der Waals surface area contributed by atoms with Crippen LogP contribution in [-0.4, -0.2) is 23.2 Å². The van der Waals surface area contributed by atoms with Gasteiger partial charge in [-0.25, -0.2) is 4.98 Å². The second kappa shape index (κ2) is 3.94. The van der Waals surface area contributed by atoms with E-state index in [1.807, 2.05) is 0 Å². The topological polar surface area (TPSA) is 45.1 Å². The molecule has 0 saturated carbocycles. The number of aromatic nitrogens is 1. The van der Waals surface area contributed by atoms with Gasteiger partial charge in [-0.15, -0.1) is 0 Å². The van der Waals surface area contributed by atoms with Crippen LogP contribution in [-0.2, 0) is 0 Å². The van der Waals surface area contributed by atoms with Crippen molar-refractivity contribution < 1.29 is 5.11 Å². The van der Waals surface area contributed by atoms with Crippen molar-refractivity contribution in [2.24, 2.45) is 0 Å². The molecule has 0 fully saturated rings. The molecule has 0 aliphatic carbocycles. The number of thiazole rings is 1. The number of fused-ring (bicyclic) bond motifs is 1. The lowest BCUT2D eigenvalue weighted by Crippen LogP contribution is -2.04. The molecule has 74 valence electrons. The standard InChI is InChI=1S/C10H12N2OS/c1-7-2-3-9-8(6-7)12-10(14-9)11-4-5-13/h2-3,6,13H,4-5H2,1H3,(H,11,12). The molecule has 0 radical (unpaired) electrons. The van der Waals surface area contributed by atoms with E-state index in [2.05, 4.69) is 35.4 Å². The minimum atomic E-state index is 0.134. The Labute approximate surface area is 86.4 Å². The third-order valence-electron chi connectivity index (χ3n) is 1.93. The molecule has 0 spiro atoms. The van der Waals surface area contributed by atoms with E-state index in [0.29, 0.717) is 6.54 Å². The van der Waals surface area contributed by atoms with Crippen molar-refractivity contribution in [2.45, 2.75) is 6.92 Å². The molecule has 1 aromatic carbocycles. The maximum Gasteiger partial charge on any atom is 0.183 e. The number of aryl methyl sites for hydroxylation is 1. The van der Waals surface area contributed by atoms with Gasteiger partial charge in [-0.3, -0.25) is 0 Å². The molecular formula is C10H12N2OS. The molecule has 4 heteroatoms. The molecule has 1 aromatic heterocycles. The molecule has 0 unspecified atom stereocenters. The van der Waals surface area contributed by atoms with Crippen LogP contribution in [0.15, 0.2) is 18.2 Å². The summed E-state index contributed by atoms with van der Waals surface area (Å²) in [5, 5.41) is 12.6. The first-order chi connectivity index (χ1) is 6.79. The number of aliphatic hydroxyl groups is 1. The van der Waals surface area contributed by atoms with Crippen LogP contribution in [0.4, 0.5) is 5.13 Å². The van der Waals surface area contributed by atoms with Crippen molar-refractivity contribution in [3.8, 4) is 0 Å². The second-order valence-corrected chi connectivity index (χ2v) is 4.17. The van der Waals surface area contributed by atoms with Gasteiger partial charge in [0, 0.05) is 6.54 Å². The number of benzene rings is 1. The summed E-state index contributed by atoms with van der Waals surface area (Å²) in [4.78, 5) is 4.41. The van der Waals surface area contributed by atoms with E-state index in [4.69, 9.17) is 5.11 Å². The third kappa shape index (κ3) is 1.86. The van der Waals surface area contributed by atoms with Gasteiger partial charge in [0.25, 0.3) is 0 Å². The van der Waals surface area contributed by atoms with Crippen LogP contribution in [0.1, 0.15) is 5.56 Å². The van der Waals surface area contributed by atoms with E-state index in [9.17, 15) is 0 Å². The normalized spacial score (nSPS) is 10.7. The predicted molar refractivity (Wildman–Crippen MR) is 59.9 cm³/mol. The van der Waals surface area contributed by atoms with Crippen molar-refractivity contribution >= 4 is 26.7 Å². The first kappa shape index (κ1) is 9.43. The van der Waals surface area contributed by atoms with Gasteiger partial charge in [0.15, 0.2) is 5.13 Å². The van der Waals surface area contributed by atoms with Crippen LogP contribution in [0.3, 0.4) is 0 Å². The van der Waals surface area contributed by atoms with Crippen molar-refractivity contribution in [1.29, 1.82) is 0 Å². The van der Waals surface area contributed by atoms with Gasteiger partial charge >= 0.3 is 0 Å². The fourth-order valence-electron chi connectivity index (χ4n) is 1.28. The average molecular weight is 208 g/mol. The lowest BCUT2D eigenvalue weighted by Gasteiger charge is -1.95. The lowest BCUT2D eigenvalue weighted by molar-refractivity contribution is 0.311. The van der Waals surface area contributed by atoms with Crippen LogP contribution >= 0.6 is 11.3 Å². The first-order valence-corrected chi connectivity index (χ1v) is 5.33. The Morgan fingerprint density at radius 1 is 1.50 bits per heavy atom. The highest BCUT2D eigenvalue weighted by atomic mass is 32.1. The Morgan fingerprint density at radius 2 is 2.36 bits per heavy atom. The fourth-order valence-corrected chi connectivity index (χ4v) is 2.15. The highest BCUT2D eigenvalue weighted by molar-refractivity contribution is 7.22. The van der Waals surface area contributed by atoms with E-state index in [-0.39, 0.29) is 6.61 Å². The van der Waals surface area contributed by atoms with Gasteiger partial charge in [0.2, 0.25) is 0 Å². The monoisotopic (exact) mass is 208 g/mol. The van der Waals surface area contributed by atoms with Crippen LogP contribution in [0.5, 0.6) is 0 Å². The van der Waals surface area contributed by atoms with E-state index in [1.54, 1.807) is 11.3 Å². The van der Waals surface area contributed by atoms with Crippen LogP contribution < -0.4 is 5.32 Å². The molecule has 2 aromatic rings. The van der Waals surface area contributed by atoms with E-state index < -0.39 is 0 Å². The van der Waals surface area contributed by atoms with Gasteiger partial charge in [-0.1, -0.05) is 17.4 Å². The molecule has 0 amide bonds. The summed E-state index contributed by atoms with van der Waals surface area (Å²) in [7, 11) is 0. The Balaban J connectivity index is 2.32. The van der Waals surface area contributed by atoms with Crippen molar-refractivity contribution in [1.82, 2.24) is 4.98 Å². The van der Waals surface area contributed by atoms with Crippen molar-refractivity contribution in [2.75, 3.05) is 18.5 Å². The molecule has 0 aliphatic heterocycles. The molecule has 14 heavy (non-hydrogen) atoms. The van der Waals surface area contributed by atoms with Gasteiger partial charge in [-0.2, -0.15) is 0 Å². The zero-order valence-electron chi connectivity index (χ0n) is 7.95. The van der Waals surface area contributed by atoms with Gasteiger partial charge in [0.05, 0.1) is 16.8 Å². The maximum absolute atomic E-state index is 8.66. The SMILES string of the molecule is Cc1ccc2sc(NCCO)nc2c1. The van der Waals surface area contributed by atoms with Gasteiger partial charge < -0.3 is 10.4 Å². The Morgan fingerprint density at radius 3 is 3.14 bits per heavy atom. The molecule has 0 atom stereocenters. The predicted octanol–water partition coefficient (Wildman–Crippen LogP) is 2.01. The van der Waals surface area contributed by atoms with Crippen LogP contribution in [0.2, 0.25) is 0 Å². The molecule has 2 N–H and O–H groups in total. The summed E-state index contributed by atoms with van der Waals surface area (Å²) in [5.41, 5.74) is 2.24. The van der Waals surface area contributed by atoms with Gasteiger partial charge in [0.1, 0.15) is 0 Å². The summed E-state index contributed by atoms with van der Waals surface area (Å²) in [5.74, 6) is 0. The summed E-state index contributed by atoms with van der Waals surface area (Å²) in [6, 6.07) is 6.22. The van der Waals surface area contributed by atoms with E-state index >= 15 is 0 Å². The Bertz CT molecular complexity index is 439. The lowest BCUT2D eigenvalue weighted by atomic mass is 10.2. The largest absolute Gasteiger partial charge is 0.395 e. The van der Waals surface area contributed by atoms with Crippen molar-refractivity contribution in [3.63, 3.8) is 0 Å². The number of nitrogens with one attached hydrogen (secondary N) is 1. The smallest absolute Gasteiger partial charge is 0.183 e. The molecule has 1 heterocycles. The zero-order valence-corrected chi connectivity index (χ0v) is 8.77. The highest BCUT2D eigenvalue weighted by Gasteiger charge is 2.02. The van der Waals surface area contributed by atoms with Crippen LogP contribution in [0.25, 0.3) is 10.2 Å². The zero-order chi connectivity index (χ0) is 9.97. The first-order valence-electron chi connectivity index (χ1n) is 4.51. The number of rotatable bonds is 3.